The Kier molecular flexibility index (Phi) is 3.59. The number of amides is 1. The van der Waals surface area contributed by atoms with Crippen molar-refractivity contribution in [2.75, 3.05) is 6.54 Å². The Morgan fingerprint density at radius 3 is 2.27 bits per heavy atom. The van der Waals surface area contributed by atoms with Crippen molar-refractivity contribution in [2.45, 2.75) is 56.7 Å². The van der Waals surface area contributed by atoms with Crippen LogP contribution in [-0.4, -0.2) is 30.6 Å². The summed E-state index contributed by atoms with van der Waals surface area (Å²) < 4.78 is 0. The van der Waals surface area contributed by atoms with Gasteiger partial charge in [-0.25, -0.2) is 0 Å². The molecule has 1 amide bonds. The van der Waals surface area contributed by atoms with E-state index in [2.05, 4.69) is 10.6 Å². The number of nitrogens with two attached hydrogens (primary N) is 1. The second-order valence-electron chi connectivity index (χ2n) is 4.83. The lowest BCUT2D eigenvalue weighted by atomic mass is 9.92. The summed E-state index contributed by atoms with van der Waals surface area (Å²) in [6.07, 6.45) is 6.62. The molecule has 2 aliphatic carbocycles. The van der Waals surface area contributed by atoms with Gasteiger partial charge in [-0.2, -0.15) is 0 Å². The molecule has 15 heavy (non-hydrogen) atoms. The Morgan fingerprint density at radius 2 is 1.67 bits per heavy atom. The van der Waals surface area contributed by atoms with Gasteiger partial charge in [-0.1, -0.05) is 0 Å². The average molecular weight is 211 g/mol. The smallest absolute Gasteiger partial charge is 0.234 e. The molecule has 2 aliphatic rings. The molecule has 0 spiro atoms. The van der Waals surface area contributed by atoms with Crippen molar-refractivity contribution in [2.24, 2.45) is 5.73 Å². The molecule has 4 nitrogen and oxygen atoms in total. The third-order valence-electron chi connectivity index (χ3n) is 3.27. The lowest BCUT2D eigenvalue weighted by molar-refractivity contribution is -0.121. The van der Waals surface area contributed by atoms with Gasteiger partial charge >= 0.3 is 0 Å². The Morgan fingerprint density at radius 1 is 1.07 bits per heavy atom. The molecule has 0 saturated heterocycles. The van der Waals surface area contributed by atoms with E-state index in [0.717, 1.165) is 25.7 Å². The maximum Gasteiger partial charge on any atom is 0.234 e. The normalized spacial score (nSPS) is 31.3. The highest BCUT2D eigenvalue weighted by atomic mass is 16.2. The largest absolute Gasteiger partial charge is 0.352 e. The highest BCUT2D eigenvalue weighted by molar-refractivity contribution is 5.78. The summed E-state index contributed by atoms with van der Waals surface area (Å²) >= 11 is 0. The Bertz CT molecular complexity index is 220. The molecule has 2 fully saturated rings. The summed E-state index contributed by atoms with van der Waals surface area (Å²) in [5, 5.41) is 6.28. The van der Waals surface area contributed by atoms with Gasteiger partial charge in [-0.05, 0) is 38.5 Å². The molecule has 2 rings (SSSR count). The molecular weight excluding hydrogens is 190 g/mol. The lowest BCUT2D eigenvalue weighted by Gasteiger charge is -2.26. The molecule has 0 bridgehead atoms. The fourth-order valence-corrected chi connectivity index (χ4v) is 2.07. The molecule has 4 heteroatoms. The zero-order chi connectivity index (χ0) is 10.7. The second kappa shape index (κ2) is 4.94. The molecule has 0 atom stereocenters. The number of carbonyl (C=O) groups is 1. The van der Waals surface area contributed by atoms with Crippen LogP contribution in [-0.2, 0) is 4.79 Å². The van der Waals surface area contributed by atoms with Crippen molar-refractivity contribution < 1.29 is 4.79 Å². The van der Waals surface area contributed by atoms with Crippen molar-refractivity contribution in [1.29, 1.82) is 0 Å². The quantitative estimate of drug-likeness (QED) is 0.619. The minimum atomic E-state index is 0.141. The minimum Gasteiger partial charge on any atom is -0.352 e. The second-order valence-corrected chi connectivity index (χ2v) is 4.83. The van der Waals surface area contributed by atoms with Gasteiger partial charge in [0, 0.05) is 18.1 Å². The van der Waals surface area contributed by atoms with Crippen LogP contribution in [0.5, 0.6) is 0 Å². The van der Waals surface area contributed by atoms with E-state index < -0.39 is 0 Å². The van der Waals surface area contributed by atoms with E-state index in [1.54, 1.807) is 0 Å². The molecule has 0 radical (unpaired) electrons. The van der Waals surface area contributed by atoms with E-state index in [4.69, 9.17) is 5.73 Å². The number of nitrogens with one attached hydrogen (secondary N) is 2. The number of carbonyl (C=O) groups excluding carboxylic acids is 1. The van der Waals surface area contributed by atoms with Crippen LogP contribution in [0.2, 0.25) is 0 Å². The standard InChI is InChI=1S/C11H21N3O/c12-8-1-3-10(4-2-8)14-11(15)7-13-9-5-6-9/h8-10,13H,1-7,12H2,(H,14,15). The van der Waals surface area contributed by atoms with E-state index in [9.17, 15) is 4.79 Å². The predicted octanol–water partition coefficient (Wildman–Crippen LogP) is 0.124. The Hall–Kier alpha value is -0.610. The van der Waals surface area contributed by atoms with Crippen LogP contribution >= 0.6 is 0 Å². The van der Waals surface area contributed by atoms with Crippen molar-refractivity contribution in [1.82, 2.24) is 10.6 Å². The number of rotatable bonds is 4. The van der Waals surface area contributed by atoms with Gasteiger partial charge in [0.15, 0.2) is 0 Å². The zero-order valence-electron chi connectivity index (χ0n) is 9.17. The molecule has 86 valence electrons. The van der Waals surface area contributed by atoms with Gasteiger partial charge in [-0.3, -0.25) is 4.79 Å². The monoisotopic (exact) mass is 211 g/mol. The van der Waals surface area contributed by atoms with Gasteiger partial charge in [0.1, 0.15) is 0 Å². The third-order valence-corrected chi connectivity index (χ3v) is 3.27. The molecule has 0 heterocycles. The van der Waals surface area contributed by atoms with Crippen LogP contribution in [0.3, 0.4) is 0 Å². The number of hydrogen-bond donors (Lipinski definition) is 3. The summed E-state index contributed by atoms with van der Waals surface area (Å²) in [5.74, 6) is 0.141. The van der Waals surface area contributed by atoms with Crippen LogP contribution in [0.1, 0.15) is 38.5 Å². The molecule has 4 N–H and O–H groups in total. The fraction of sp³-hybridized carbons (Fsp3) is 0.909. The van der Waals surface area contributed by atoms with E-state index >= 15 is 0 Å². The van der Waals surface area contributed by atoms with Crippen LogP contribution in [0, 0.1) is 0 Å². The van der Waals surface area contributed by atoms with E-state index in [1.807, 2.05) is 0 Å². The van der Waals surface area contributed by atoms with Crippen molar-refractivity contribution in [3.05, 3.63) is 0 Å². The van der Waals surface area contributed by atoms with Gasteiger partial charge < -0.3 is 16.4 Å². The van der Waals surface area contributed by atoms with Crippen LogP contribution < -0.4 is 16.4 Å². The maximum absolute atomic E-state index is 11.5. The SMILES string of the molecule is NC1CCC(NC(=O)CNC2CC2)CC1. The average Bonchev–Trinajstić information content (AvgIpc) is 3.02. The molecule has 0 aromatic heterocycles. The Labute approximate surface area is 91.0 Å². The van der Waals surface area contributed by atoms with Crippen molar-refractivity contribution in [3.8, 4) is 0 Å². The first-order chi connectivity index (χ1) is 7.24. The third kappa shape index (κ3) is 3.80. The summed E-state index contributed by atoms with van der Waals surface area (Å²) in [6.45, 7) is 0.479. The lowest BCUT2D eigenvalue weighted by Crippen LogP contribution is -2.44. The van der Waals surface area contributed by atoms with E-state index in [-0.39, 0.29) is 5.91 Å². The van der Waals surface area contributed by atoms with Gasteiger partial charge in [-0.15, -0.1) is 0 Å². The molecule has 0 unspecified atom stereocenters. The topological polar surface area (TPSA) is 67.1 Å². The maximum atomic E-state index is 11.5. The highest BCUT2D eigenvalue weighted by Gasteiger charge is 2.23. The van der Waals surface area contributed by atoms with Crippen LogP contribution in [0.25, 0.3) is 0 Å². The summed E-state index contributed by atoms with van der Waals surface area (Å²) in [6, 6.07) is 1.32. The molecule has 0 aromatic rings. The van der Waals surface area contributed by atoms with E-state index in [1.165, 1.54) is 12.8 Å². The first-order valence-corrected chi connectivity index (χ1v) is 6.02. The molecular formula is C11H21N3O. The highest BCUT2D eigenvalue weighted by Crippen LogP contribution is 2.18. The first-order valence-electron chi connectivity index (χ1n) is 6.02. The summed E-state index contributed by atoms with van der Waals surface area (Å²) in [5.41, 5.74) is 5.81. The van der Waals surface area contributed by atoms with E-state index in [0.29, 0.717) is 24.7 Å². The number of hydrogen-bond acceptors (Lipinski definition) is 3. The minimum absolute atomic E-state index is 0.141. The van der Waals surface area contributed by atoms with Gasteiger partial charge in [0.2, 0.25) is 5.91 Å². The molecule has 0 aliphatic heterocycles. The van der Waals surface area contributed by atoms with Gasteiger partial charge in [0.25, 0.3) is 0 Å². The first kappa shape index (κ1) is 10.9. The Balaban J connectivity index is 1.60. The summed E-state index contributed by atoms with van der Waals surface area (Å²) in [4.78, 5) is 11.5. The van der Waals surface area contributed by atoms with Crippen molar-refractivity contribution in [3.63, 3.8) is 0 Å². The predicted molar refractivity (Wildman–Crippen MR) is 59.4 cm³/mol. The molecule has 2 saturated carbocycles. The summed E-state index contributed by atoms with van der Waals surface area (Å²) in [7, 11) is 0. The van der Waals surface area contributed by atoms with Gasteiger partial charge in [0.05, 0.1) is 6.54 Å². The van der Waals surface area contributed by atoms with Crippen LogP contribution in [0.15, 0.2) is 0 Å². The fourth-order valence-electron chi connectivity index (χ4n) is 2.07. The molecule has 0 aromatic carbocycles. The van der Waals surface area contributed by atoms with Crippen molar-refractivity contribution >= 4 is 5.91 Å². The van der Waals surface area contributed by atoms with Crippen LogP contribution in [0.4, 0.5) is 0 Å². The zero-order valence-corrected chi connectivity index (χ0v) is 9.17.